The van der Waals surface area contributed by atoms with E-state index in [0.29, 0.717) is 17.8 Å². The Morgan fingerprint density at radius 1 is 1.39 bits per heavy atom. The van der Waals surface area contributed by atoms with E-state index in [1.54, 1.807) is 31.3 Å². The summed E-state index contributed by atoms with van der Waals surface area (Å²) in [5.74, 6) is -0.231. The molecule has 1 aromatic rings. The summed E-state index contributed by atoms with van der Waals surface area (Å²) < 4.78 is 0. The number of carbonyl (C=O) groups excluding carboxylic acids is 2. The number of benzene rings is 1. The van der Waals surface area contributed by atoms with Gasteiger partial charge in [-0.05, 0) is 31.0 Å². The molecule has 2 amide bonds. The van der Waals surface area contributed by atoms with Crippen molar-refractivity contribution >= 4 is 17.5 Å². The molecule has 0 spiro atoms. The van der Waals surface area contributed by atoms with Crippen molar-refractivity contribution in [3.63, 3.8) is 0 Å². The molecule has 1 aromatic carbocycles. The van der Waals surface area contributed by atoms with Gasteiger partial charge in [0.2, 0.25) is 5.91 Å². The highest BCUT2D eigenvalue weighted by atomic mass is 16.2. The summed E-state index contributed by atoms with van der Waals surface area (Å²) >= 11 is 0. The van der Waals surface area contributed by atoms with Crippen molar-refractivity contribution in [2.75, 3.05) is 18.9 Å². The first-order valence-electron chi connectivity index (χ1n) is 5.95. The van der Waals surface area contributed by atoms with Gasteiger partial charge in [-0.2, -0.15) is 0 Å². The predicted molar refractivity (Wildman–Crippen MR) is 69.2 cm³/mol. The molecule has 0 heterocycles. The summed E-state index contributed by atoms with van der Waals surface area (Å²) in [4.78, 5) is 23.5. The fraction of sp³-hybridized carbons (Fsp3) is 0.385. The van der Waals surface area contributed by atoms with Crippen LogP contribution in [0.25, 0.3) is 0 Å². The van der Waals surface area contributed by atoms with E-state index in [-0.39, 0.29) is 17.2 Å². The molecule has 1 aliphatic rings. The predicted octanol–water partition coefficient (Wildman–Crippen LogP) is 0.724. The first-order chi connectivity index (χ1) is 8.61. The van der Waals surface area contributed by atoms with Gasteiger partial charge in [0, 0.05) is 24.8 Å². The Morgan fingerprint density at radius 2 is 2.11 bits per heavy atom. The molecule has 2 rings (SSSR count). The van der Waals surface area contributed by atoms with Gasteiger partial charge in [-0.1, -0.05) is 6.07 Å². The standard InChI is InChI=1S/C13H17N3O2/c1-15-11(17)9-3-2-4-10(7-9)16-12(18)13(8-14)5-6-13/h2-4,7H,5-6,8,14H2,1H3,(H,15,17)(H,16,18). The maximum absolute atomic E-state index is 12.0. The molecule has 96 valence electrons. The van der Waals surface area contributed by atoms with Crippen LogP contribution in [0.15, 0.2) is 24.3 Å². The zero-order valence-electron chi connectivity index (χ0n) is 10.3. The lowest BCUT2D eigenvalue weighted by atomic mass is 10.1. The van der Waals surface area contributed by atoms with E-state index < -0.39 is 0 Å². The van der Waals surface area contributed by atoms with E-state index in [1.165, 1.54) is 0 Å². The van der Waals surface area contributed by atoms with E-state index in [0.717, 1.165) is 12.8 Å². The summed E-state index contributed by atoms with van der Waals surface area (Å²) in [5.41, 5.74) is 6.36. The monoisotopic (exact) mass is 247 g/mol. The average Bonchev–Trinajstić information content (AvgIpc) is 3.19. The van der Waals surface area contributed by atoms with Gasteiger partial charge in [-0.3, -0.25) is 9.59 Å². The largest absolute Gasteiger partial charge is 0.355 e. The number of hydrogen-bond acceptors (Lipinski definition) is 3. The van der Waals surface area contributed by atoms with Crippen LogP contribution in [0.1, 0.15) is 23.2 Å². The quantitative estimate of drug-likeness (QED) is 0.733. The zero-order chi connectivity index (χ0) is 13.2. The van der Waals surface area contributed by atoms with Gasteiger partial charge in [0.1, 0.15) is 0 Å². The lowest BCUT2D eigenvalue weighted by Crippen LogP contribution is -2.31. The van der Waals surface area contributed by atoms with E-state index in [1.807, 2.05) is 0 Å². The smallest absolute Gasteiger partial charge is 0.251 e. The first kappa shape index (κ1) is 12.6. The Balaban J connectivity index is 2.10. The molecular weight excluding hydrogens is 230 g/mol. The third-order valence-electron chi connectivity index (χ3n) is 3.34. The molecule has 0 radical (unpaired) electrons. The number of amides is 2. The van der Waals surface area contributed by atoms with Crippen molar-refractivity contribution in [2.45, 2.75) is 12.8 Å². The molecule has 5 nitrogen and oxygen atoms in total. The van der Waals surface area contributed by atoms with Crippen LogP contribution in [0.3, 0.4) is 0 Å². The molecule has 0 aromatic heterocycles. The lowest BCUT2D eigenvalue weighted by molar-refractivity contribution is -0.120. The third-order valence-corrected chi connectivity index (χ3v) is 3.34. The van der Waals surface area contributed by atoms with Crippen molar-refractivity contribution in [3.8, 4) is 0 Å². The first-order valence-corrected chi connectivity index (χ1v) is 5.95. The zero-order valence-corrected chi connectivity index (χ0v) is 10.3. The number of nitrogens with one attached hydrogen (secondary N) is 2. The van der Waals surface area contributed by atoms with Crippen LogP contribution in [-0.4, -0.2) is 25.4 Å². The Hall–Kier alpha value is -1.88. The molecular formula is C13H17N3O2. The third kappa shape index (κ3) is 2.36. The highest BCUT2D eigenvalue weighted by molar-refractivity contribution is 5.99. The van der Waals surface area contributed by atoms with Crippen LogP contribution in [-0.2, 0) is 4.79 Å². The maximum atomic E-state index is 12.0. The minimum absolute atomic E-state index is 0.0564. The van der Waals surface area contributed by atoms with Crippen LogP contribution in [0.2, 0.25) is 0 Å². The fourth-order valence-corrected chi connectivity index (χ4v) is 1.82. The van der Waals surface area contributed by atoms with Gasteiger partial charge in [0.05, 0.1) is 5.41 Å². The van der Waals surface area contributed by atoms with Crippen molar-refractivity contribution < 1.29 is 9.59 Å². The molecule has 1 aliphatic carbocycles. The van der Waals surface area contributed by atoms with Crippen LogP contribution in [0, 0.1) is 5.41 Å². The Bertz CT molecular complexity index is 481. The molecule has 0 bridgehead atoms. The minimum Gasteiger partial charge on any atom is -0.355 e. The summed E-state index contributed by atoms with van der Waals surface area (Å²) in [6, 6.07) is 6.85. The minimum atomic E-state index is -0.386. The molecule has 0 unspecified atom stereocenters. The number of rotatable bonds is 4. The molecule has 18 heavy (non-hydrogen) atoms. The van der Waals surface area contributed by atoms with Gasteiger partial charge in [-0.15, -0.1) is 0 Å². The maximum Gasteiger partial charge on any atom is 0.251 e. The highest BCUT2D eigenvalue weighted by Crippen LogP contribution is 2.45. The van der Waals surface area contributed by atoms with E-state index in [4.69, 9.17) is 5.73 Å². The van der Waals surface area contributed by atoms with Crippen molar-refractivity contribution in [1.82, 2.24) is 5.32 Å². The fourth-order valence-electron chi connectivity index (χ4n) is 1.82. The Kier molecular flexibility index (Phi) is 3.34. The van der Waals surface area contributed by atoms with Crippen molar-refractivity contribution in [1.29, 1.82) is 0 Å². The number of hydrogen-bond donors (Lipinski definition) is 3. The van der Waals surface area contributed by atoms with Gasteiger partial charge < -0.3 is 16.4 Å². The summed E-state index contributed by atoms with van der Waals surface area (Å²) in [6.45, 7) is 0.369. The van der Waals surface area contributed by atoms with Crippen LogP contribution in [0.5, 0.6) is 0 Å². The van der Waals surface area contributed by atoms with Gasteiger partial charge >= 0.3 is 0 Å². The average molecular weight is 247 g/mol. The number of anilines is 1. The highest BCUT2D eigenvalue weighted by Gasteiger charge is 2.48. The van der Waals surface area contributed by atoms with Crippen molar-refractivity contribution in [3.05, 3.63) is 29.8 Å². The number of carbonyl (C=O) groups is 2. The van der Waals surface area contributed by atoms with Crippen LogP contribution >= 0.6 is 0 Å². The van der Waals surface area contributed by atoms with E-state index >= 15 is 0 Å². The molecule has 1 fully saturated rings. The van der Waals surface area contributed by atoms with E-state index in [9.17, 15) is 9.59 Å². The SMILES string of the molecule is CNC(=O)c1cccc(NC(=O)C2(CN)CC2)c1. The van der Waals surface area contributed by atoms with E-state index in [2.05, 4.69) is 10.6 Å². The summed E-state index contributed by atoms with van der Waals surface area (Å²) in [5, 5.41) is 5.36. The van der Waals surface area contributed by atoms with Gasteiger partial charge in [-0.25, -0.2) is 0 Å². The normalized spacial score (nSPS) is 15.9. The van der Waals surface area contributed by atoms with Gasteiger partial charge in [0.15, 0.2) is 0 Å². The molecule has 0 atom stereocenters. The molecule has 0 aliphatic heterocycles. The molecule has 0 saturated heterocycles. The van der Waals surface area contributed by atoms with Crippen LogP contribution in [0.4, 0.5) is 5.69 Å². The topological polar surface area (TPSA) is 84.2 Å². The second-order valence-corrected chi connectivity index (χ2v) is 4.60. The van der Waals surface area contributed by atoms with Crippen LogP contribution < -0.4 is 16.4 Å². The Morgan fingerprint density at radius 3 is 2.67 bits per heavy atom. The van der Waals surface area contributed by atoms with Crippen molar-refractivity contribution in [2.24, 2.45) is 11.1 Å². The summed E-state index contributed by atoms with van der Waals surface area (Å²) in [7, 11) is 1.57. The second-order valence-electron chi connectivity index (χ2n) is 4.60. The Labute approximate surface area is 106 Å². The lowest BCUT2D eigenvalue weighted by Gasteiger charge is -2.13. The van der Waals surface area contributed by atoms with Gasteiger partial charge in [0.25, 0.3) is 5.91 Å². The molecule has 1 saturated carbocycles. The number of nitrogens with two attached hydrogens (primary N) is 1. The second kappa shape index (κ2) is 4.78. The molecule has 5 heteroatoms. The molecule has 4 N–H and O–H groups in total. The summed E-state index contributed by atoms with van der Waals surface area (Å²) in [6.07, 6.45) is 1.68.